The van der Waals surface area contributed by atoms with Crippen LogP contribution in [-0.2, 0) is 20.7 Å². The van der Waals surface area contributed by atoms with E-state index in [-0.39, 0.29) is 49.6 Å². The number of hydrogen-bond acceptors (Lipinski definition) is 5. The van der Waals surface area contributed by atoms with Gasteiger partial charge < -0.3 is 17.0 Å². The number of hydrogen-bond donors (Lipinski definition) is 2. The number of nitrogens with two attached hydrogens (primary N) is 1. The molecule has 1 aromatic carbocycles. The fourth-order valence-corrected chi connectivity index (χ4v) is 3.55. The van der Waals surface area contributed by atoms with E-state index in [2.05, 4.69) is 19.1 Å². The number of carbonyl (C=O) groups excluding carboxylic acids is 2. The molecule has 1 unspecified atom stereocenters. The molecule has 0 aliphatic rings. The molecule has 1 atom stereocenters. The second kappa shape index (κ2) is 21.4. The van der Waals surface area contributed by atoms with Crippen molar-refractivity contribution in [1.82, 2.24) is 0 Å². The molecular formula is C27H44NNaO4. The number of phenolic OH excluding ortho intramolecular Hbond substituents is 1. The third kappa shape index (κ3) is 17.9. The predicted octanol–water partition coefficient (Wildman–Crippen LogP) is 3.49. The monoisotopic (exact) mass is 469 g/mol. The molecule has 182 valence electrons. The van der Waals surface area contributed by atoms with Crippen LogP contribution in [0.2, 0.25) is 0 Å². The Labute approximate surface area is 224 Å². The molecule has 1 rings (SSSR count). The van der Waals surface area contributed by atoms with Crippen LogP contribution in [0.15, 0.2) is 36.4 Å². The Balaban J connectivity index is 0. The van der Waals surface area contributed by atoms with Gasteiger partial charge in [0.05, 0.1) is 0 Å². The number of allylic oxidation sites excluding steroid dienone is 2. The van der Waals surface area contributed by atoms with Gasteiger partial charge in [-0.05, 0) is 56.2 Å². The molecule has 0 bridgehead atoms. The Hall–Kier alpha value is -1.14. The van der Waals surface area contributed by atoms with E-state index in [0.29, 0.717) is 0 Å². The van der Waals surface area contributed by atoms with Crippen molar-refractivity contribution in [2.24, 2.45) is 5.73 Å². The summed E-state index contributed by atoms with van der Waals surface area (Å²) in [6.45, 7) is 2.25. The first-order chi connectivity index (χ1) is 15.5. The Morgan fingerprint density at radius 3 is 2.00 bits per heavy atom. The molecule has 0 saturated heterocycles. The Bertz CT molecular complexity index is 667. The second-order valence-corrected chi connectivity index (χ2v) is 8.60. The van der Waals surface area contributed by atoms with Gasteiger partial charge in [0.25, 0.3) is 0 Å². The minimum atomic E-state index is -0.891. The van der Waals surface area contributed by atoms with E-state index in [9.17, 15) is 14.7 Å². The summed E-state index contributed by atoms with van der Waals surface area (Å²) in [6.07, 6.45) is 20.7. The molecule has 1 aromatic rings. The first-order valence-corrected chi connectivity index (χ1v) is 12.5. The van der Waals surface area contributed by atoms with Crippen molar-refractivity contribution in [3.05, 3.63) is 42.0 Å². The number of rotatable bonds is 18. The SMILES string of the molecule is CCCCCCCC/C=C\CCCCCCCC(=O)OC(=O)C(N)Cc1ccc(O)cc1.[H-].[Na+]. The number of carbonyl (C=O) groups is 2. The van der Waals surface area contributed by atoms with Gasteiger partial charge in [0.2, 0.25) is 0 Å². The quantitative estimate of drug-likeness (QED) is 0.113. The predicted molar refractivity (Wildman–Crippen MR) is 131 cm³/mol. The van der Waals surface area contributed by atoms with Crippen LogP contribution in [0.1, 0.15) is 104 Å². The number of ether oxygens (including phenoxy) is 1. The van der Waals surface area contributed by atoms with E-state index in [1.165, 1.54) is 63.5 Å². The molecule has 0 saturated carbocycles. The maximum Gasteiger partial charge on any atom is 1.00 e. The smallest absolute Gasteiger partial charge is 1.00 e. The van der Waals surface area contributed by atoms with E-state index in [0.717, 1.165) is 37.7 Å². The van der Waals surface area contributed by atoms with Crippen LogP contribution in [0, 0.1) is 0 Å². The molecule has 0 aliphatic carbocycles. The number of phenols is 1. The largest absolute Gasteiger partial charge is 1.00 e. The van der Waals surface area contributed by atoms with Crippen molar-refractivity contribution < 1.29 is 50.4 Å². The summed E-state index contributed by atoms with van der Waals surface area (Å²) in [6, 6.07) is 5.56. The van der Waals surface area contributed by atoms with E-state index in [1.807, 2.05) is 0 Å². The average Bonchev–Trinajstić information content (AvgIpc) is 2.77. The summed E-state index contributed by atoms with van der Waals surface area (Å²) in [5, 5.41) is 9.28. The minimum absolute atomic E-state index is 0. The number of esters is 2. The van der Waals surface area contributed by atoms with Crippen LogP contribution < -0.4 is 35.3 Å². The van der Waals surface area contributed by atoms with E-state index < -0.39 is 18.0 Å². The summed E-state index contributed by atoms with van der Waals surface area (Å²) in [5.41, 5.74) is 6.63. The van der Waals surface area contributed by atoms with Crippen molar-refractivity contribution in [2.45, 2.75) is 109 Å². The van der Waals surface area contributed by atoms with Crippen molar-refractivity contribution in [1.29, 1.82) is 0 Å². The maximum atomic E-state index is 12.0. The summed E-state index contributed by atoms with van der Waals surface area (Å²) in [4.78, 5) is 23.8. The topological polar surface area (TPSA) is 89.6 Å². The van der Waals surface area contributed by atoms with Gasteiger partial charge in [-0.3, -0.25) is 4.79 Å². The molecule has 0 spiro atoms. The van der Waals surface area contributed by atoms with Gasteiger partial charge in [-0.1, -0.05) is 82.6 Å². The van der Waals surface area contributed by atoms with Gasteiger partial charge in [0, 0.05) is 6.42 Å². The van der Waals surface area contributed by atoms with E-state index in [1.54, 1.807) is 12.1 Å². The fourth-order valence-electron chi connectivity index (χ4n) is 3.55. The van der Waals surface area contributed by atoms with Crippen LogP contribution in [0.25, 0.3) is 0 Å². The van der Waals surface area contributed by atoms with Gasteiger partial charge in [-0.2, -0.15) is 0 Å². The van der Waals surface area contributed by atoms with Crippen LogP contribution in [0.4, 0.5) is 0 Å². The number of benzene rings is 1. The first kappa shape index (κ1) is 31.9. The molecule has 5 nitrogen and oxygen atoms in total. The van der Waals surface area contributed by atoms with Gasteiger partial charge in [-0.25, -0.2) is 4.79 Å². The summed E-state index contributed by atoms with van der Waals surface area (Å²) >= 11 is 0. The fraction of sp³-hybridized carbons (Fsp3) is 0.630. The van der Waals surface area contributed by atoms with Gasteiger partial charge in [0.15, 0.2) is 0 Å². The van der Waals surface area contributed by atoms with Crippen LogP contribution in [0.5, 0.6) is 5.75 Å². The number of aromatic hydroxyl groups is 1. The molecule has 6 heteroatoms. The molecule has 3 N–H and O–H groups in total. The standard InChI is InChI=1S/C27H43NO4.Na.H/c1-2-3-4-5-6-7-8-9-10-11-12-13-14-15-16-17-26(30)32-27(31)25(28)22-23-18-20-24(29)21-19-23;;/h9-10,18-21,25,29H,2-8,11-17,22,28H2,1H3;;/q;+1;-1/b10-9-;;. The number of unbranched alkanes of at least 4 members (excludes halogenated alkanes) is 11. The van der Waals surface area contributed by atoms with Crippen molar-refractivity contribution in [2.75, 3.05) is 0 Å². The Kier molecular flexibility index (Phi) is 20.7. The van der Waals surface area contributed by atoms with E-state index in [4.69, 9.17) is 10.5 Å². The maximum absolute atomic E-state index is 12.0. The molecular weight excluding hydrogens is 425 g/mol. The molecule has 0 fully saturated rings. The van der Waals surface area contributed by atoms with Gasteiger partial charge in [-0.15, -0.1) is 0 Å². The molecule has 0 aromatic heterocycles. The molecule has 0 aliphatic heterocycles. The second-order valence-electron chi connectivity index (χ2n) is 8.60. The van der Waals surface area contributed by atoms with E-state index >= 15 is 0 Å². The van der Waals surface area contributed by atoms with Crippen LogP contribution in [0.3, 0.4) is 0 Å². The average molecular weight is 470 g/mol. The zero-order valence-corrected chi connectivity index (χ0v) is 22.9. The van der Waals surface area contributed by atoms with Gasteiger partial charge in [0.1, 0.15) is 11.8 Å². The third-order valence-corrected chi connectivity index (χ3v) is 5.55. The summed E-state index contributed by atoms with van der Waals surface area (Å²) < 4.78 is 4.87. The third-order valence-electron chi connectivity index (χ3n) is 5.55. The normalized spacial score (nSPS) is 11.8. The summed E-state index contributed by atoms with van der Waals surface area (Å²) in [7, 11) is 0. The van der Waals surface area contributed by atoms with Crippen LogP contribution >= 0.6 is 0 Å². The van der Waals surface area contributed by atoms with Crippen molar-refractivity contribution >= 4 is 11.9 Å². The minimum Gasteiger partial charge on any atom is -1.00 e. The Morgan fingerprint density at radius 2 is 1.42 bits per heavy atom. The molecule has 0 amide bonds. The molecule has 33 heavy (non-hydrogen) atoms. The van der Waals surface area contributed by atoms with Crippen LogP contribution in [-0.4, -0.2) is 23.1 Å². The first-order valence-electron chi connectivity index (χ1n) is 12.5. The van der Waals surface area contributed by atoms with Crippen molar-refractivity contribution in [3.8, 4) is 5.75 Å². The zero-order chi connectivity index (χ0) is 23.4. The molecule has 0 radical (unpaired) electrons. The molecule has 0 heterocycles. The zero-order valence-electron chi connectivity index (χ0n) is 21.9. The Morgan fingerprint density at radius 1 is 0.909 bits per heavy atom. The summed E-state index contributed by atoms with van der Waals surface area (Å²) in [5.74, 6) is -1.05. The van der Waals surface area contributed by atoms with Crippen molar-refractivity contribution in [3.63, 3.8) is 0 Å². The van der Waals surface area contributed by atoms with Gasteiger partial charge >= 0.3 is 41.5 Å².